The van der Waals surface area contributed by atoms with Gasteiger partial charge in [-0.05, 0) is 34.7 Å². The maximum atomic E-state index is 6.39. The zero-order valence-corrected chi connectivity index (χ0v) is 10.9. The average molecular weight is 259 g/mol. The van der Waals surface area contributed by atoms with Gasteiger partial charge in [0.15, 0.2) is 0 Å². The summed E-state index contributed by atoms with van der Waals surface area (Å²) in [7, 11) is 0. The highest BCUT2D eigenvalue weighted by Gasteiger charge is 2.17. The van der Waals surface area contributed by atoms with Crippen molar-refractivity contribution in [1.82, 2.24) is 0 Å². The van der Waals surface area contributed by atoms with Crippen LogP contribution in [0, 0.1) is 0 Å². The van der Waals surface area contributed by atoms with E-state index >= 15 is 0 Å². The van der Waals surface area contributed by atoms with E-state index in [1.54, 1.807) is 0 Å². The van der Waals surface area contributed by atoms with Crippen LogP contribution in [-0.2, 0) is 11.2 Å². The van der Waals surface area contributed by atoms with Gasteiger partial charge in [-0.3, -0.25) is 0 Å². The molecule has 0 N–H and O–H groups in total. The summed E-state index contributed by atoms with van der Waals surface area (Å²) in [5, 5.41) is -0.0360. The molecule has 1 unspecified atom stereocenters. The standard InChI is InChI=1S/C16H15ClO/c17-16-11-18-9-8-13-6-7-14(10-15(13)16)12-4-2-1-3-5-12/h1-7,10,16H,8-9,11H2. The molecule has 0 radical (unpaired) electrons. The van der Waals surface area contributed by atoms with E-state index in [0.717, 1.165) is 13.0 Å². The van der Waals surface area contributed by atoms with Gasteiger partial charge in [-0.25, -0.2) is 0 Å². The minimum Gasteiger partial charge on any atom is -0.379 e. The molecule has 92 valence electrons. The molecule has 2 heteroatoms. The number of fused-ring (bicyclic) bond motifs is 1. The van der Waals surface area contributed by atoms with Crippen LogP contribution >= 0.6 is 11.6 Å². The van der Waals surface area contributed by atoms with Crippen LogP contribution in [0.3, 0.4) is 0 Å². The van der Waals surface area contributed by atoms with Crippen molar-refractivity contribution in [3.05, 3.63) is 59.7 Å². The van der Waals surface area contributed by atoms with Gasteiger partial charge in [-0.15, -0.1) is 11.6 Å². The molecule has 0 aliphatic carbocycles. The zero-order chi connectivity index (χ0) is 12.4. The summed E-state index contributed by atoms with van der Waals surface area (Å²) in [6, 6.07) is 17.0. The van der Waals surface area contributed by atoms with Gasteiger partial charge in [0.2, 0.25) is 0 Å². The smallest absolute Gasteiger partial charge is 0.0821 e. The molecule has 3 rings (SSSR count). The first-order chi connectivity index (χ1) is 8.84. The Kier molecular flexibility index (Phi) is 3.35. The van der Waals surface area contributed by atoms with Gasteiger partial charge >= 0.3 is 0 Å². The highest BCUT2D eigenvalue weighted by Crippen LogP contribution is 2.31. The first-order valence-corrected chi connectivity index (χ1v) is 6.68. The van der Waals surface area contributed by atoms with Crippen molar-refractivity contribution in [2.24, 2.45) is 0 Å². The Balaban J connectivity index is 2.04. The van der Waals surface area contributed by atoms with Crippen LogP contribution in [0.1, 0.15) is 16.5 Å². The second-order valence-corrected chi connectivity index (χ2v) is 5.10. The lowest BCUT2D eigenvalue weighted by atomic mass is 9.96. The Morgan fingerprint density at radius 1 is 1.00 bits per heavy atom. The van der Waals surface area contributed by atoms with E-state index in [9.17, 15) is 0 Å². The SMILES string of the molecule is ClC1COCCc2ccc(-c3ccccc3)cc21. The number of rotatable bonds is 1. The first-order valence-electron chi connectivity index (χ1n) is 6.24. The molecule has 0 saturated carbocycles. The molecule has 2 aromatic carbocycles. The minimum absolute atomic E-state index is 0.0360. The molecule has 1 nitrogen and oxygen atoms in total. The number of ether oxygens (including phenoxy) is 1. The minimum atomic E-state index is -0.0360. The summed E-state index contributed by atoms with van der Waals surface area (Å²) in [4.78, 5) is 0. The van der Waals surface area contributed by atoms with E-state index < -0.39 is 0 Å². The molecule has 18 heavy (non-hydrogen) atoms. The van der Waals surface area contributed by atoms with Crippen LogP contribution < -0.4 is 0 Å². The molecule has 0 spiro atoms. The number of alkyl halides is 1. The van der Waals surface area contributed by atoms with Crippen molar-refractivity contribution < 1.29 is 4.74 Å². The number of hydrogen-bond donors (Lipinski definition) is 0. The predicted molar refractivity (Wildman–Crippen MR) is 75.0 cm³/mol. The monoisotopic (exact) mass is 258 g/mol. The van der Waals surface area contributed by atoms with Crippen molar-refractivity contribution in [1.29, 1.82) is 0 Å². The van der Waals surface area contributed by atoms with E-state index in [4.69, 9.17) is 16.3 Å². The second-order valence-electron chi connectivity index (χ2n) is 4.57. The summed E-state index contributed by atoms with van der Waals surface area (Å²) in [5.74, 6) is 0. The fourth-order valence-electron chi connectivity index (χ4n) is 2.38. The largest absolute Gasteiger partial charge is 0.379 e. The predicted octanol–water partition coefficient (Wildman–Crippen LogP) is 4.21. The second kappa shape index (κ2) is 5.13. The number of hydrogen-bond acceptors (Lipinski definition) is 1. The van der Waals surface area contributed by atoms with Crippen LogP contribution in [0.5, 0.6) is 0 Å². The third-order valence-corrected chi connectivity index (χ3v) is 3.73. The average Bonchev–Trinajstić information content (AvgIpc) is 2.62. The van der Waals surface area contributed by atoms with Crippen molar-refractivity contribution >= 4 is 11.6 Å². The van der Waals surface area contributed by atoms with Crippen molar-refractivity contribution in [2.75, 3.05) is 13.2 Å². The molecular weight excluding hydrogens is 244 g/mol. The summed E-state index contributed by atoms with van der Waals surface area (Å²) in [5.41, 5.74) is 4.99. The van der Waals surface area contributed by atoms with Crippen LogP contribution in [0.25, 0.3) is 11.1 Å². The third kappa shape index (κ3) is 2.29. The molecule has 0 aromatic heterocycles. The molecule has 1 heterocycles. The Morgan fingerprint density at radius 3 is 2.67 bits per heavy atom. The van der Waals surface area contributed by atoms with E-state index in [1.807, 2.05) is 6.07 Å². The number of halogens is 1. The maximum absolute atomic E-state index is 6.39. The number of benzene rings is 2. The van der Waals surface area contributed by atoms with Gasteiger partial charge < -0.3 is 4.74 Å². The molecule has 0 amide bonds. The zero-order valence-electron chi connectivity index (χ0n) is 10.1. The Morgan fingerprint density at radius 2 is 1.83 bits per heavy atom. The Hall–Kier alpha value is -1.31. The molecule has 2 aromatic rings. The molecule has 0 saturated heterocycles. The molecule has 1 atom stereocenters. The molecule has 0 bridgehead atoms. The lowest BCUT2D eigenvalue weighted by Crippen LogP contribution is -1.99. The molecular formula is C16H15ClO. The summed E-state index contributed by atoms with van der Waals surface area (Å²) < 4.78 is 5.50. The first kappa shape index (κ1) is 11.8. The van der Waals surface area contributed by atoms with E-state index in [-0.39, 0.29) is 5.38 Å². The van der Waals surface area contributed by atoms with Crippen LogP contribution in [0.2, 0.25) is 0 Å². The topological polar surface area (TPSA) is 9.23 Å². The van der Waals surface area contributed by atoms with Gasteiger partial charge in [0.1, 0.15) is 0 Å². The van der Waals surface area contributed by atoms with E-state index in [2.05, 4.69) is 42.5 Å². The molecule has 1 aliphatic heterocycles. The summed E-state index contributed by atoms with van der Waals surface area (Å²) >= 11 is 6.39. The van der Waals surface area contributed by atoms with Gasteiger partial charge in [0.25, 0.3) is 0 Å². The summed E-state index contributed by atoms with van der Waals surface area (Å²) in [6.45, 7) is 1.37. The van der Waals surface area contributed by atoms with Gasteiger partial charge in [-0.2, -0.15) is 0 Å². The van der Waals surface area contributed by atoms with Crippen LogP contribution in [0.4, 0.5) is 0 Å². The van der Waals surface area contributed by atoms with Crippen molar-refractivity contribution in [3.63, 3.8) is 0 Å². The third-order valence-electron chi connectivity index (χ3n) is 3.37. The maximum Gasteiger partial charge on any atom is 0.0821 e. The lowest BCUT2D eigenvalue weighted by Gasteiger charge is -2.12. The lowest BCUT2D eigenvalue weighted by molar-refractivity contribution is 0.143. The Bertz CT molecular complexity index is 536. The van der Waals surface area contributed by atoms with Crippen LogP contribution in [-0.4, -0.2) is 13.2 Å². The van der Waals surface area contributed by atoms with Gasteiger partial charge in [-0.1, -0.05) is 42.5 Å². The van der Waals surface area contributed by atoms with E-state index in [0.29, 0.717) is 6.61 Å². The van der Waals surface area contributed by atoms with Crippen molar-refractivity contribution in [3.8, 4) is 11.1 Å². The normalized spacial score (nSPS) is 19.1. The fourth-order valence-corrected chi connectivity index (χ4v) is 2.68. The molecule has 1 aliphatic rings. The van der Waals surface area contributed by atoms with Gasteiger partial charge in [0.05, 0.1) is 18.6 Å². The fraction of sp³-hybridized carbons (Fsp3) is 0.250. The van der Waals surface area contributed by atoms with E-state index in [1.165, 1.54) is 22.3 Å². The Labute approximate surface area is 112 Å². The summed E-state index contributed by atoms with van der Waals surface area (Å²) in [6.07, 6.45) is 0.952. The van der Waals surface area contributed by atoms with Gasteiger partial charge in [0, 0.05) is 0 Å². The molecule has 0 fully saturated rings. The quantitative estimate of drug-likeness (QED) is 0.697. The highest BCUT2D eigenvalue weighted by atomic mass is 35.5. The highest BCUT2D eigenvalue weighted by molar-refractivity contribution is 6.21. The van der Waals surface area contributed by atoms with Crippen LogP contribution in [0.15, 0.2) is 48.5 Å². The van der Waals surface area contributed by atoms with Crippen molar-refractivity contribution in [2.45, 2.75) is 11.8 Å².